The van der Waals surface area contributed by atoms with E-state index in [0.717, 1.165) is 23.5 Å². The van der Waals surface area contributed by atoms with Crippen LogP contribution in [0.3, 0.4) is 0 Å². The lowest BCUT2D eigenvalue weighted by molar-refractivity contribution is 0.756. The number of hydrogen-bond acceptors (Lipinski definition) is 4. The standard InChI is InChI=1S/C11H15N5/c1-8-4-9(2)16(15-8)11-13-6-10(5-12-3)7-14-11/h4,6-7,12H,5H2,1-3H3. The van der Waals surface area contributed by atoms with Gasteiger partial charge in [0, 0.05) is 30.2 Å². The first kappa shape index (κ1) is 10.8. The van der Waals surface area contributed by atoms with Gasteiger partial charge >= 0.3 is 0 Å². The second-order valence-corrected chi connectivity index (χ2v) is 3.76. The molecule has 16 heavy (non-hydrogen) atoms. The Kier molecular flexibility index (Phi) is 2.96. The van der Waals surface area contributed by atoms with Gasteiger partial charge in [0.15, 0.2) is 0 Å². The summed E-state index contributed by atoms with van der Waals surface area (Å²) in [5.74, 6) is 0.616. The molecule has 2 rings (SSSR count). The Morgan fingerprint density at radius 3 is 2.44 bits per heavy atom. The maximum Gasteiger partial charge on any atom is 0.250 e. The van der Waals surface area contributed by atoms with Crippen LogP contribution in [-0.4, -0.2) is 26.8 Å². The van der Waals surface area contributed by atoms with Crippen molar-refractivity contribution in [1.82, 2.24) is 25.1 Å². The molecule has 0 aromatic carbocycles. The molecule has 0 atom stereocenters. The molecule has 0 bridgehead atoms. The van der Waals surface area contributed by atoms with E-state index >= 15 is 0 Å². The second kappa shape index (κ2) is 4.40. The molecule has 0 amide bonds. The van der Waals surface area contributed by atoms with Gasteiger partial charge in [0.25, 0.3) is 5.95 Å². The summed E-state index contributed by atoms with van der Waals surface area (Å²) in [6.45, 7) is 4.72. The van der Waals surface area contributed by atoms with Crippen molar-refractivity contribution in [2.24, 2.45) is 0 Å². The summed E-state index contributed by atoms with van der Waals surface area (Å²) >= 11 is 0. The van der Waals surface area contributed by atoms with Crippen LogP contribution in [0.4, 0.5) is 0 Å². The van der Waals surface area contributed by atoms with Gasteiger partial charge in [-0.05, 0) is 27.0 Å². The summed E-state index contributed by atoms with van der Waals surface area (Å²) in [5, 5.41) is 7.39. The number of rotatable bonds is 3. The number of nitrogens with one attached hydrogen (secondary N) is 1. The number of aryl methyl sites for hydroxylation is 2. The highest BCUT2D eigenvalue weighted by atomic mass is 15.3. The van der Waals surface area contributed by atoms with E-state index in [0.29, 0.717) is 5.95 Å². The van der Waals surface area contributed by atoms with Gasteiger partial charge in [-0.2, -0.15) is 5.10 Å². The molecule has 2 heterocycles. The molecule has 5 heteroatoms. The average Bonchev–Trinajstić information content (AvgIpc) is 2.59. The van der Waals surface area contributed by atoms with Crippen molar-refractivity contribution in [3.63, 3.8) is 0 Å². The Morgan fingerprint density at radius 1 is 1.25 bits per heavy atom. The normalized spacial score (nSPS) is 10.7. The van der Waals surface area contributed by atoms with Gasteiger partial charge in [0.2, 0.25) is 0 Å². The van der Waals surface area contributed by atoms with Gasteiger partial charge in [0.05, 0.1) is 5.69 Å². The van der Waals surface area contributed by atoms with Crippen LogP contribution in [0.15, 0.2) is 18.5 Å². The quantitative estimate of drug-likeness (QED) is 0.833. The first-order valence-electron chi connectivity index (χ1n) is 5.20. The van der Waals surface area contributed by atoms with Gasteiger partial charge in [0.1, 0.15) is 0 Å². The molecule has 0 radical (unpaired) electrons. The van der Waals surface area contributed by atoms with E-state index in [4.69, 9.17) is 0 Å². The van der Waals surface area contributed by atoms with Crippen molar-refractivity contribution < 1.29 is 0 Å². The molecule has 0 unspecified atom stereocenters. The minimum atomic E-state index is 0.616. The minimum Gasteiger partial charge on any atom is -0.316 e. The molecule has 0 aliphatic carbocycles. The minimum absolute atomic E-state index is 0.616. The predicted octanol–water partition coefficient (Wildman–Crippen LogP) is 0.999. The van der Waals surface area contributed by atoms with Crippen molar-refractivity contribution in [2.45, 2.75) is 20.4 Å². The van der Waals surface area contributed by atoms with Crippen LogP contribution in [0, 0.1) is 13.8 Å². The highest BCUT2D eigenvalue weighted by molar-refractivity contribution is 5.19. The summed E-state index contributed by atoms with van der Waals surface area (Å²) in [6, 6.07) is 2.00. The summed E-state index contributed by atoms with van der Waals surface area (Å²) in [5.41, 5.74) is 3.08. The number of aromatic nitrogens is 4. The van der Waals surface area contributed by atoms with Crippen LogP contribution in [-0.2, 0) is 6.54 Å². The Balaban J connectivity index is 2.31. The Hall–Kier alpha value is -1.75. The molecular formula is C11H15N5. The maximum atomic E-state index is 4.33. The molecule has 5 nitrogen and oxygen atoms in total. The zero-order valence-corrected chi connectivity index (χ0v) is 9.73. The topological polar surface area (TPSA) is 55.6 Å². The lowest BCUT2D eigenvalue weighted by atomic mass is 10.3. The lowest BCUT2D eigenvalue weighted by Crippen LogP contribution is -2.09. The second-order valence-electron chi connectivity index (χ2n) is 3.76. The highest BCUT2D eigenvalue weighted by Gasteiger charge is 2.05. The molecule has 0 fully saturated rings. The van der Waals surface area contributed by atoms with Gasteiger partial charge in [-0.25, -0.2) is 14.6 Å². The largest absolute Gasteiger partial charge is 0.316 e. The Labute approximate surface area is 94.5 Å². The Morgan fingerprint density at radius 2 is 1.94 bits per heavy atom. The molecule has 1 N–H and O–H groups in total. The van der Waals surface area contributed by atoms with E-state index in [1.807, 2.05) is 39.4 Å². The fourth-order valence-electron chi connectivity index (χ4n) is 1.58. The zero-order valence-electron chi connectivity index (χ0n) is 9.73. The van der Waals surface area contributed by atoms with Crippen LogP contribution < -0.4 is 5.32 Å². The van der Waals surface area contributed by atoms with Crippen molar-refractivity contribution in [3.8, 4) is 5.95 Å². The van der Waals surface area contributed by atoms with Crippen molar-refractivity contribution in [1.29, 1.82) is 0 Å². The van der Waals surface area contributed by atoms with Gasteiger partial charge in [-0.3, -0.25) is 0 Å². The summed E-state index contributed by atoms with van der Waals surface area (Å²) in [4.78, 5) is 8.58. The monoisotopic (exact) mass is 217 g/mol. The average molecular weight is 217 g/mol. The van der Waals surface area contributed by atoms with Gasteiger partial charge in [-0.15, -0.1) is 0 Å². The molecular weight excluding hydrogens is 202 g/mol. The van der Waals surface area contributed by atoms with E-state index < -0.39 is 0 Å². The van der Waals surface area contributed by atoms with E-state index in [-0.39, 0.29) is 0 Å². The van der Waals surface area contributed by atoms with Crippen LogP contribution in [0.25, 0.3) is 5.95 Å². The smallest absolute Gasteiger partial charge is 0.250 e. The molecule has 0 saturated carbocycles. The van der Waals surface area contributed by atoms with E-state index in [9.17, 15) is 0 Å². The number of nitrogens with zero attached hydrogens (tertiary/aromatic N) is 4. The molecule has 0 spiro atoms. The molecule has 0 aliphatic heterocycles. The zero-order chi connectivity index (χ0) is 11.5. The predicted molar refractivity (Wildman–Crippen MR) is 61.4 cm³/mol. The third kappa shape index (κ3) is 2.09. The van der Waals surface area contributed by atoms with Gasteiger partial charge in [-0.1, -0.05) is 0 Å². The third-order valence-corrected chi connectivity index (χ3v) is 2.27. The van der Waals surface area contributed by atoms with Crippen LogP contribution >= 0.6 is 0 Å². The first-order valence-corrected chi connectivity index (χ1v) is 5.20. The van der Waals surface area contributed by atoms with E-state index in [1.54, 1.807) is 4.68 Å². The number of hydrogen-bond donors (Lipinski definition) is 1. The fourth-order valence-corrected chi connectivity index (χ4v) is 1.58. The lowest BCUT2D eigenvalue weighted by Gasteiger charge is -2.03. The van der Waals surface area contributed by atoms with Crippen LogP contribution in [0.2, 0.25) is 0 Å². The van der Waals surface area contributed by atoms with E-state index in [2.05, 4.69) is 20.4 Å². The highest BCUT2D eigenvalue weighted by Crippen LogP contribution is 2.07. The third-order valence-electron chi connectivity index (χ3n) is 2.27. The fraction of sp³-hybridized carbons (Fsp3) is 0.364. The molecule has 0 saturated heterocycles. The SMILES string of the molecule is CNCc1cnc(-n2nc(C)cc2C)nc1. The molecule has 2 aromatic heterocycles. The van der Waals surface area contributed by atoms with Crippen molar-refractivity contribution in [2.75, 3.05) is 7.05 Å². The Bertz CT molecular complexity index is 472. The summed E-state index contributed by atoms with van der Waals surface area (Å²) in [7, 11) is 1.90. The summed E-state index contributed by atoms with van der Waals surface area (Å²) in [6.07, 6.45) is 3.63. The van der Waals surface area contributed by atoms with Crippen molar-refractivity contribution >= 4 is 0 Å². The molecule has 2 aromatic rings. The van der Waals surface area contributed by atoms with Gasteiger partial charge < -0.3 is 5.32 Å². The van der Waals surface area contributed by atoms with Crippen LogP contribution in [0.1, 0.15) is 17.0 Å². The summed E-state index contributed by atoms with van der Waals surface area (Å²) < 4.78 is 1.75. The van der Waals surface area contributed by atoms with Crippen LogP contribution in [0.5, 0.6) is 0 Å². The van der Waals surface area contributed by atoms with Crippen molar-refractivity contribution in [3.05, 3.63) is 35.4 Å². The molecule has 84 valence electrons. The first-order chi connectivity index (χ1) is 7.70. The molecule has 0 aliphatic rings. The maximum absolute atomic E-state index is 4.33. The van der Waals surface area contributed by atoms with E-state index in [1.165, 1.54) is 0 Å².